The maximum Gasteiger partial charge on any atom is 0.259 e. The Kier molecular flexibility index (Phi) is 4.76. The van der Waals surface area contributed by atoms with Crippen LogP contribution in [-0.4, -0.2) is 25.4 Å². The zero-order chi connectivity index (χ0) is 21.4. The Hall–Kier alpha value is -3.91. The van der Waals surface area contributed by atoms with Crippen LogP contribution in [0.5, 0.6) is 0 Å². The van der Waals surface area contributed by atoms with Crippen molar-refractivity contribution >= 4 is 33.7 Å². The van der Waals surface area contributed by atoms with Gasteiger partial charge in [-0.05, 0) is 19.9 Å². The molecule has 1 N–H and O–H groups in total. The number of hydrogen-bond acceptors (Lipinski definition) is 7. The van der Waals surface area contributed by atoms with Crippen molar-refractivity contribution < 1.29 is 9.32 Å². The fourth-order valence-corrected chi connectivity index (χ4v) is 3.87. The van der Waals surface area contributed by atoms with Gasteiger partial charge in [0.2, 0.25) is 5.13 Å². The fourth-order valence-electron chi connectivity index (χ4n) is 3.29. The molecule has 2 aromatic carbocycles. The number of pyridine rings is 1. The van der Waals surface area contributed by atoms with Gasteiger partial charge in [0.05, 0.1) is 22.3 Å². The second-order valence-electron chi connectivity index (χ2n) is 7.11. The lowest BCUT2D eigenvalue weighted by molar-refractivity contribution is 0.102. The van der Waals surface area contributed by atoms with Crippen molar-refractivity contribution in [1.29, 1.82) is 0 Å². The largest absolute Gasteiger partial charge is 0.335 e. The molecule has 8 heteroatoms. The van der Waals surface area contributed by atoms with Crippen molar-refractivity contribution in [2.75, 3.05) is 5.32 Å². The minimum Gasteiger partial charge on any atom is -0.335 e. The van der Waals surface area contributed by atoms with E-state index in [1.54, 1.807) is 13.0 Å². The number of aryl methyl sites for hydroxylation is 2. The van der Waals surface area contributed by atoms with Gasteiger partial charge < -0.3 is 4.52 Å². The highest BCUT2D eigenvalue weighted by Gasteiger charge is 2.20. The van der Waals surface area contributed by atoms with Gasteiger partial charge in [-0.2, -0.15) is 9.36 Å². The number of carbonyl (C=O) groups is 1. The summed E-state index contributed by atoms with van der Waals surface area (Å²) >= 11 is 1.13. The number of rotatable bonds is 4. The first-order valence-electron chi connectivity index (χ1n) is 9.63. The van der Waals surface area contributed by atoms with Crippen molar-refractivity contribution in [3.63, 3.8) is 0 Å². The van der Waals surface area contributed by atoms with Crippen LogP contribution in [-0.2, 0) is 0 Å². The molecule has 0 saturated heterocycles. The Balaban J connectivity index is 1.51. The van der Waals surface area contributed by atoms with Crippen LogP contribution in [0.1, 0.15) is 21.6 Å². The summed E-state index contributed by atoms with van der Waals surface area (Å²) in [5, 5.41) is 7.85. The zero-order valence-corrected chi connectivity index (χ0v) is 17.6. The van der Waals surface area contributed by atoms with Crippen LogP contribution in [0.15, 0.2) is 65.2 Å². The summed E-state index contributed by atoms with van der Waals surface area (Å²) in [6.45, 7) is 3.80. The monoisotopic (exact) mass is 427 g/mol. The maximum atomic E-state index is 13.2. The van der Waals surface area contributed by atoms with E-state index in [2.05, 4.69) is 24.8 Å². The summed E-state index contributed by atoms with van der Waals surface area (Å²) in [4.78, 5) is 22.2. The van der Waals surface area contributed by atoms with Gasteiger partial charge in [-0.3, -0.25) is 10.1 Å². The summed E-state index contributed by atoms with van der Waals surface area (Å²) in [7, 11) is 0. The molecule has 0 aliphatic heterocycles. The van der Waals surface area contributed by atoms with Gasteiger partial charge in [-0.25, -0.2) is 4.98 Å². The van der Waals surface area contributed by atoms with E-state index in [-0.39, 0.29) is 5.91 Å². The topological polar surface area (TPSA) is 93.8 Å². The molecule has 5 rings (SSSR count). The molecule has 3 aromatic heterocycles. The number of anilines is 1. The Morgan fingerprint density at radius 3 is 2.52 bits per heavy atom. The summed E-state index contributed by atoms with van der Waals surface area (Å²) in [6, 6.07) is 19.3. The standard InChI is InChI=1S/C23H17N5O2S/c1-13-8-10-15(11-9-13)18-12-17(19-14(2)27-30-22(19)24-18)21(29)26-23-25-20(28-31-23)16-6-4-3-5-7-16/h3-12H,1-2H3,(H,25,26,28,29). The maximum absolute atomic E-state index is 13.2. The summed E-state index contributed by atoms with van der Waals surface area (Å²) in [6.07, 6.45) is 0. The van der Waals surface area contributed by atoms with Crippen LogP contribution in [0.4, 0.5) is 5.13 Å². The number of amides is 1. The van der Waals surface area contributed by atoms with Crippen LogP contribution in [0.25, 0.3) is 33.7 Å². The van der Waals surface area contributed by atoms with Crippen molar-refractivity contribution in [3.05, 3.63) is 77.5 Å². The molecule has 7 nitrogen and oxygen atoms in total. The number of fused-ring (bicyclic) bond motifs is 1. The van der Waals surface area contributed by atoms with Crippen LogP contribution in [0.2, 0.25) is 0 Å². The Bertz CT molecular complexity index is 1390. The summed E-state index contributed by atoms with van der Waals surface area (Å²) < 4.78 is 9.72. The molecule has 5 aromatic rings. The molecule has 0 bridgehead atoms. The van der Waals surface area contributed by atoms with Gasteiger partial charge >= 0.3 is 0 Å². The lowest BCUT2D eigenvalue weighted by Gasteiger charge is -2.07. The van der Waals surface area contributed by atoms with E-state index in [4.69, 9.17) is 4.52 Å². The number of carbonyl (C=O) groups excluding carboxylic acids is 1. The van der Waals surface area contributed by atoms with Gasteiger partial charge in [0.15, 0.2) is 5.82 Å². The Labute approximate surface area is 181 Å². The highest BCUT2D eigenvalue weighted by molar-refractivity contribution is 7.10. The van der Waals surface area contributed by atoms with E-state index in [0.29, 0.717) is 39.0 Å². The molecule has 0 fully saturated rings. The number of hydrogen-bond donors (Lipinski definition) is 1. The predicted molar refractivity (Wildman–Crippen MR) is 120 cm³/mol. The zero-order valence-electron chi connectivity index (χ0n) is 16.8. The molecule has 31 heavy (non-hydrogen) atoms. The number of aromatic nitrogens is 4. The van der Waals surface area contributed by atoms with Crippen LogP contribution in [0.3, 0.4) is 0 Å². The van der Waals surface area contributed by atoms with E-state index in [9.17, 15) is 4.79 Å². The molecular weight excluding hydrogens is 410 g/mol. The van der Waals surface area contributed by atoms with Gasteiger partial charge in [0.1, 0.15) is 0 Å². The molecule has 3 heterocycles. The first-order chi connectivity index (χ1) is 15.1. The average molecular weight is 427 g/mol. The molecular formula is C23H17N5O2S. The average Bonchev–Trinajstić information content (AvgIpc) is 3.41. The second-order valence-corrected chi connectivity index (χ2v) is 7.86. The molecule has 1 amide bonds. The highest BCUT2D eigenvalue weighted by atomic mass is 32.1. The molecule has 152 valence electrons. The third-order valence-corrected chi connectivity index (χ3v) is 5.52. The van der Waals surface area contributed by atoms with Crippen LogP contribution in [0, 0.1) is 13.8 Å². The van der Waals surface area contributed by atoms with Crippen LogP contribution >= 0.6 is 11.5 Å². The van der Waals surface area contributed by atoms with E-state index < -0.39 is 0 Å². The third-order valence-electron chi connectivity index (χ3n) is 4.89. The van der Waals surface area contributed by atoms with E-state index in [1.807, 2.05) is 61.5 Å². The van der Waals surface area contributed by atoms with Crippen molar-refractivity contribution in [3.8, 4) is 22.6 Å². The fraction of sp³-hybridized carbons (Fsp3) is 0.0870. The minimum atomic E-state index is -0.317. The van der Waals surface area contributed by atoms with Crippen molar-refractivity contribution in [2.24, 2.45) is 0 Å². The first kappa shape index (κ1) is 19.1. The number of nitrogens with one attached hydrogen (secondary N) is 1. The van der Waals surface area contributed by atoms with E-state index in [0.717, 1.165) is 28.2 Å². The van der Waals surface area contributed by atoms with Gasteiger partial charge in [0.25, 0.3) is 11.6 Å². The quantitative estimate of drug-likeness (QED) is 0.419. The van der Waals surface area contributed by atoms with Gasteiger partial charge in [-0.1, -0.05) is 65.3 Å². The summed E-state index contributed by atoms with van der Waals surface area (Å²) in [5.41, 5.74) is 4.91. The SMILES string of the molecule is Cc1ccc(-c2cc(C(=O)Nc3nc(-c4ccccc4)ns3)c3c(C)noc3n2)cc1. The van der Waals surface area contributed by atoms with Crippen molar-refractivity contribution in [2.45, 2.75) is 13.8 Å². The smallest absolute Gasteiger partial charge is 0.259 e. The first-order valence-corrected chi connectivity index (χ1v) is 10.4. The minimum absolute atomic E-state index is 0.317. The highest BCUT2D eigenvalue weighted by Crippen LogP contribution is 2.28. The molecule has 0 unspecified atom stereocenters. The molecule has 0 spiro atoms. The molecule has 0 aliphatic rings. The normalized spacial score (nSPS) is 11.0. The molecule has 0 atom stereocenters. The number of nitrogens with zero attached hydrogens (tertiary/aromatic N) is 4. The second kappa shape index (κ2) is 7.73. The number of benzene rings is 2. The molecule has 0 aliphatic carbocycles. The lowest BCUT2D eigenvalue weighted by atomic mass is 10.0. The lowest BCUT2D eigenvalue weighted by Crippen LogP contribution is -2.13. The molecule has 0 saturated carbocycles. The Morgan fingerprint density at radius 1 is 0.968 bits per heavy atom. The van der Waals surface area contributed by atoms with Crippen molar-refractivity contribution in [1.82, 2.24) is 19.5 Å². The third kappa shape index (κ3) is 3.69. The van der Waals surface area contributed by atoms with Gasteiger partial charge in [-0.15, -0.1) is 0 Å². The van der Waals surface area contributed by atoms with Crippen LogP contribution < -0.4 is 5.32 Å². The summed E-state index contributed by atoms with van der Waals surface area (Å²) in [5.74, 6) is 0.255. The van der Waals surface area contributed by atoms with E-state index in [1.165, 1.54) is 0 Å². The van der Waals surface area contributed by atoms with E-state index >= 15 is 0 Å². The predicted octanol–water partition coefficient (Wildman–Crippen LogP) is 5.28. The molecule has 0 radical (unpaired) electrons. The van der Waals surface area contributed by atoms with Gasteiger partial charge in [0, 0.05) is 22.7 Å². The Morgan fingerprint density at radius 2 is 1.74 bits per heavy atom.